The first-order valence-corrected chi connectivity index (χ1v) is 7.86. The minimum absolute atomic E-state index is 0.166. The molecule has 4 nitrogen and oxygen atoms in total. The zero-order valence-corrected chi connectivity index (χ0v) is 13.0. The Morgan fingerprint density at radius 3 is 2.09 bits per heavy atom. The monoisotopic (exact) mass is 319 g/mol. The molecule has 1 N–H and O–H groups in total. The second-order valence-electron chi connectivity index (χ2n) is 4.89. The average molecular weight is 319 g/mol. The summed E-state index contributed by atoms with van der Waals surface area (Å²) in [7, 11) is 0. The molecule has 0 saturated heterocycles. The fraction of sp³-hybridized carbons (Fsp3) is 0.0556. The van der Waals surface area contributed by atoms with Crippen molar-refractivity contribution in [2.75, 3.05) is 5.32 Å². The summed E-state index contributed by atoms with van der Waals surface area (Å²) in [5, 5.41) is 12.1. The van der Waals surface area contributed by atoms with Crippen LogP contribution in [0.4, 0.5) is 5.13 Å². The molecule has 0 saturated carbocycles. The molecule has 3 rings (SSSR count). The predicted octanol–water partition coefficient (Wildman–Crippen LogP) is 3.79. The summed E-state index contributed by atoms with van der Waals surface area (Å²) >= 11 is 1.16. The number of hydrogen-bond donors (Lipinski definition) is 1. The van der Waals surface area contributed by atoms with E-state index in [0.717, 1.165) is 22.5 Å². The Bertz CT molecular complexity index is 798. The second kappa shape index (κ2) is 6.86. The first-order chi connectivity index (χ1) is 11.3. The largest absolute Gasteiger partial charge is 0.301 e. The summed E-state index contributed by atoms with van der Waals surface area (Å²) in [6, 6.07) is 21.2. The number of carbonyl (C=O) groups excluding carboxylic acids is 1. The average Bonchev–Trinajstić information content (AvgIpc) is 3.04. The Balaban J connectivity index is 1.92. The maximum atomic E-state index is 12.8. The van der Waals surface area contributed by atoms with E-state index in [1.54, 1.807) is 0 Å². The molecule has 0 bridgehead atoms. The van der Waals surface area contributed by atoms with Gasteiger partial charge in [-0.05, 0) is 11.1 Å². The van der Waals surface area contributed by atoms with Gasteiger partial charge in [-0.2, -0.15) is 5.26 Å². The van der Waals surface area contributed by atoms with Crippen molar-refractivity contribution in [1.82, 2.24) is 4.98 Å². The third-order valence-electron chi connectivity index (χ3n) is 3.37. The van der Waals surface area contributed by atoms with Crippen molar-refractivity contribution in [3.05, 3.63) is 82.9 Å². The van der Waals surface area contributed by atoms with Crippen LogP contribution >= 0.6 is 11.3 Å². The third kappa shape index (κ3) is 3.44. The van der Waals surface area contributed by atoms with Crippen molar-refractivity contribution in [1.29, 1.82) is 5.26 Å². The number of hydrogen-bond acceptors (Lipinski definition) is 4. The van der Waals surface area contributed by atoms with Gasteiger partial charge in [-0.1, -0.05) is 72.0 Å². The number of thiazole rings is 1. The number of aromatic nitrogens is 1. The highest BCUT2D eigenvalue weighted by Gasteiger charge is 2.23. The summed E-state index contributed by atoms with van der Waals surface area (Å²) in [5.74, 6) is -0.590. The number of amides is 1. The summed E-state index contributed by atoms with van der Waals surface area (Å²) in [6.07, 6.45) is 1.46. The van der Waals surface area contributed by atoms with E-state index in [-0.39, 0.29) is 5.91 Å². The Morgan fingerprint density at radius 1 is 1.04 bits per heavy atom. The van der Waals surface area contributed by atoms with Gasteiger partial charge in [0.2, 0.25) is 5.91 Å². The molecule has 3 aromatic rings. The number of nitrogens with zero attached hydrogens (tertiary/aromatic N) is 2. The Morgan fingerprint density at radius 2 is 1.61 bits per heavy atom. The van der Waals surface area contributed by atoms with Crippen LogP contribution < -0.4 is 5.32 Å². The fourth-order valence-corrected chi connectivity index (χ4v) is 2.96. The van der Waals surface area contributed by atoms with Gasteiger partial charge >= 0.3 is 0 Å². The van der Waals surface area contributed by atoms with Gasteiger partial charge in [0.05, 0.1) is 12.1 Å². The van der Waals surface area contributed by atoms with Gasteiger partial charge in [0, 0.05) is 0 Å². The highest BCUT2D eigenvalue weighted by atomic mass is 32.1. The standard InChI is InChI=1S/C18H13N3OS/c19-11-15-12-20-18(23-15)21-17(22)16(13-7-3-1-4-8-13)14-9-5-2-6-10-14/h1-10,12,16H,(H,20,21,22). The maximum absolute atomic E-state index is 12.8. The topological polar surface area (TPSA) is 65.8 Å². The Labute approximate surface area is 138 Å². The van der Waals surface area contributed by atoms with E-state index in [9.17, 15) is 4.79 Å². The van der Waals surface area contributed by atoms with Crippen LogP contribution in [-0.2, 0) is 4.79 Å². The van der Waals surface area contributed by atoms with Crippen LogP contribution in [0.15, 0.2) is 66.9 Å². The second-order valence-corrected chi connectivity index (χ2v) is 5.92. The van der Waals surface area contributed by atoms with E-state index in [1.165, 1.54) is 6.20 Å². The van der Waals surface area contributed by atoms with Gasteiger partial charge in [0.25, 0.3) is 0 Å². The van der Waals surface area contributed by atoms with Gasteiger partial charge < -0.3 is 5.32 Å². The first kappa shape index (κ1) is 14.9. The normalized spacial score (nSPS) is 10.3. The number of nitriles is 1. The van der Waals surface area contributed by atoms with Gasteiger partial charge in [-0.15, -0.1) is 0 Å². The first-order valence-electron chi connectivity index (χ1n) is 7.04. The van der Waals surface area contributed by atoms with E-state index >= 15 is 0 Å². The molecule has 0 aliphatic rings. The van der Waals surface area contributed by atoms with Crippen molar-refractivity contribution >= 4 is 22.4 Å². The summed E-state index contributed by atoms with van der Waals surface area (Å²) in [6.45, 7) is 0. The zero-order valence-electron chi connectivity index (χ0n) is 12.1. The smallest absolute Gasteiger partial charge is 0.238 e. The molecular weight excluding hydrogens is 306 g/mol. The summed E-state index contributed by atoms with van der Waals surface area (Å²) in [5.41, 5.74) is 1.82. The van der Waals surface area contributed by atoms with Crippen LogP contribution in [0.25, 0.3) is 0 Å². The SMILES string of the molecule is N#Cc1cnc(NC(=O)C(c2ccccc2)c2ccccc2)s1. The van der Waals surface area contributed by atoms with Gasteiger partial charge in [-0.25, -0.2) is 4.98 Å². The molecule has 0 aliphatic heterocycles. The molecule has 112 valence electrons. The minimum atomic E-state index is -0.424. The molecule has 0 unspecified atom stereocenters. The van der Waals surface area contributed by atoms with Crippen molar-refractivity contribution in [2.24, 2.45) is 0 Å². The van der Waals surface area contributed by atoms with E-state index in [2.05, 4.69) is 10.3 Å². The molecular formula is C18H13N3OS. The summed E-state index contributed by atoms with van der Waals surface area (Å²) in [4.78, 5) is 17.3. The molecule has 1 amide bonds. The molecule has 1 aromatic heterocycles. The number of benzene rings is 2. The third-order valence-corrected chi connectivity index (χ3v) is 4.19. The number of carbonyl (C=O) groups is 1. The van der Waals surface area contributed by atoms with E-state index in [4.69, 9.17) is 5.26 Å². The molecule has 0 aliphatic carbocycles. The fourth-order valence-electron chi connectivity index (χ4n) is 2.35. The Hall–Kier alpha value is -2.97. The van der Waals surface area contributed by atoms with Crippen molar-refractivity contribution in [3.8, 4) is 6.07 Å². The van der Waals surface area contributed by atoms with Crippen LogP contribution in [0, 0.1) is 11.3 Å². The molecule has 0 spiro atoms. The van der Waals surface area contributed by atoms with Crippen molar-refractivity contribution in [3.63, 3.8) is 0 Å². The highest BCUT2D eigenvalue weighted by molar-refractivity contribution is 7.16. The van der Waals surface area contributed by atoms with Gasteiger partial charge in [-0.3, -0.25) is 4.79 Å². The quantitative estimate of drug-likeness (QED) is 0.795. The van der Waals surface area contributed by atoms with Crippen LogP contribution in [0.2, 0.25) is 0 Å². The lowest BCUT2D eigenvalue weighted by Crippen LogP contribution is -2.22. The van der Waals surface area contributed by atoms with E-state index in [1.807, 2.05) is 66.7 Å². The molecule has 23 heavy (non-hydrogen) atoms. The van der Waals surface area contributed by atoms with Crippen LogP contribution in [0.1, 0.15) is 21.9 Å². The van der Waals surface area contributed by atoms with Gasteiger partial charge in [0.15, 0.2) is 5.13 Å². The molecule has 2 aromatic carbocycles. The number of nitrogens with one attached hydrogen (secondary N) is 1. The van der Waals surface area contributed by atoms with Crippen LogP contribution in [0.3, 0.4) is 0 Å². The minimum Gasteiger partial charge on any atom is -0.301 e. The van der Waals surface area contributed by atoms with Crippen LogP contribution in [-0.4, -0.2) is 10.9 Å². The molecule has 5 heteroatoms. The lowest BCUT2D eigenvalue weighted by atomic mass is 9.90. The van der Waals surface area contributed by atoms with Gasteiger partial charge in [0.1, 0.15) is 10.9 Å². The molecule has 1 heterocycles. The zero-order chi connectivity index (χ0) is 16.1. The summed E-state index contributed by atoms with van der Waals surface area (Å²) < 4.78 is 0. The number of anilines is 1. The van der Waals surface area contributed by atoms with E-state index < -0.39 is 5.92 Å². The van der Waals surface area contributed by atoms with Crippen molar-refractivity contribution in [2.45, 2.75) is 5.92 Å². The molecule has 0 fully saturated rings. The maximum Gasteiger partial charge on any atom is 0.238 e. The van der Waals surface area contributed by atoms with Crippen LogP contribution in [0.5, 0.6) is 0 Å². The van der Waals surface area contributed by atoms with Crippen molar-refractivity contribution < 1.29 is 4.79 Å². The molecule has 0 atom stereocenters. The lowest BCUT2D eigenvalue weighted by molar-refractivity contribution is -0.116. The predicted molar refractivity (Wildman–Crippen MR) is 90.2 cm³/mol. The Kier molecular flexibility index (Phi) is 4.46. The van der Waals surface area contributed by atoms with E-state index in [0.29, 0.717) is 10.0 Å². The number of rotatable bonds is 4. The molecule has 0 radical (unpaired) electrons. The highest BCUT2D eigenvalue weighted by Crippen LogP contribution is 2.27. The lowest BCUT2D eigenvalue weighted by Gasteiger charge is -2.16.